The second-order valence-corrected chi connectivity index (χ2v) is 5.90. The third-order valence-electron chi connectivity index (χ3n) is 2.62. The highest BCUT2D eigenvalue weighted by atomic mass is 32.2. The molecule has 0 saturated carbocycles. The van der Waals surface area contributed by atoms with Gasteiger partial charge in [0.1, 0.15) is 0 Å². The molecule has 3 nitrogen and oxygen atoms in total. The van der Waals surface area contributed by atoms with Crippen molar-refractivity contribution in [1.29, 1.82) is 0 Å². The fraction of sp³-hybridized carbons (Fsp3) is 0.500. The zero-order valence-corrected chi connectivity index (χ0v) is 12.3. The van der Waals surface area contributed by atoms with Crippen molar-refractivity contribution in [2.24, 2.45) is 0 Å². The Balaban J connectivity index is 2.60. The van der Waals surface area contributed by atoms with E-state index in [-0.39, 0.29) is 18.0 Å². The first-order valence-electron chi connectivity index (χ1n) is 6.21. The minimum atomic E-state index is 0.174. The van der Waals surface area contributed by atoms with Gasteiger partial charge in [-0.05, 0) is 45.9 Å². The normalized spacial score (nSPS) is 11.0. The van der Waals surface area contributed by atoms with E-state index >= 15 is 0 Å². The number of nitrogens with zero attached hydrogens (tertiary/aromatic N) is 1. The number of benzene rings is 1. The fourth-order valence-electron chi connectivity index (χ4n) is 2.00. The first kappa shape index (κ1) is 14.9. The number of hydrogen-bond acceptors (Lipinski definition) is 3. The maximum atomic E-state index is 12.2. The minimum Gasteiger partial charge on any atom is -0.399 e. The van der Waals surface area contributed by atoms with Crippen LogP contribution in [-0.2, 0) is 4.79 Å². The molecule has 2 N–H and O–H groups in total. The lowest BCUT2D eigenvalue weighted by molar-refractivity contribution is -0.131. The predicted octanol–water partition coefficient (Wildman–Crippen LogP) is 3.01. The number of nitrogens with two attached hydrogens (primary N) is 1. The molecule has 0 heterocycles. The molecule has 0 fully saturated rings. The fourth-order valence-corrected chi connectivity index (χ4v) is 2.83. The molecule has 0 aromatic heterocycles. The molecule has 0 aliphatic heterocycles. The Morgan fingerprint density at radius 1 is 1.28 bits per heavy atom. The van der Waals surface area contributed by atoms with Crippen LogP contribution in [0.25, 0.3) is 0 Å². The van der Waals surface area contributed by atoms with Crippen LogP contribution in [0.15, 0.2) is 29.2 Å². The van der Waals surface area contributed by atoms with Crippen LogP contribution in [0.5, 0.6) is 0 Å². The summed E-state index contributed by atoms with van der Waals surface area (Å²) in [5.74, 6) is 0.632. The van der Waals surface area contributed by atoms with E-state index in [1.165, 1.54) is 11.8 Å². The third-order valence-corrected chi connectivity index (χ3v) is 3.60. The van der Waals surface area contributed by atoms with E-state index in [9.17, 15) is 4.79 Å². The van der Waals surface area contributed by atoms with Crippen LogP contribution in [0.4, 0.5) is 5.69 Å². The van der Waals surface area contributed by atoms with Crippen molar-refractivity contribution in [2.45, 2.75) is 44.7 Å². The van der Waals surface area contributed by atoms with Gasteiger partial charge >= 0.3 is 0 Å². The van der Waals surface area contributed by atoms with Gasteiger partial charge in [0.2, 0.25) is 5.91 Å². The van der Waals surface area contributed by atoms with Crippen molar-refractivity contribution in [3.05, 3.63) is 24.3 Å². The Bertz CT molecular complexity index is 397. The quantitative estimate of drug-likeness (QED) is 0.658. The van der Waals surface area contributed by atoms with Gasteiger partial charge in [-0.3, -0.25) is 4.79 Å². The molecule has 18 heavy (non-hydrogen) atoms. The SMILES string of the molecule is CC(C)N(C(=O)CSc1cccc(N)c1)C(C)C. The van der Waals surface area contributed by atoms with E-state index in [1.54, 1.807) is 0 Å². The summed E-state index contributed by atoms with van der Waals surface area (Å²) in [5, 5.41) is 0. The van der Waals surface area contributed by atoms with E-state index in [2.05, 4.69) is 0 Å². The molecule has 0 bridgehead atoms. The summed E-state index contributed by atoms with van der Waals surface area (Å²) in [6.45, 7) is 8.18. The van der Waals surface area contributed by atoms with Crippen LogP contribution >= 0.6 is 11.8 Å². The highest BCUT2D eigenvalue weighted by molar-refractivity contribution is 8.00. The molecule has 100 valence electrons. The summed E-state index contributed by atoms with van der Waals surface area (Å²) in [6, 6.07) is 8.10. The highest BCUT2D eigenvalue weighted by Gasteiger charge is 2.19. The Morgan fingerprint density at radius 2 is 1.89 bits per heavy atom. The Kier molecular flexibility index (Phi) is 5.54. The molecule has 0 aliphatic rings. The zero-order chi connectivity index (χ0) is 13.7. The molecule has 1 aromatic rings. The van der Waals surface area contributed by atoms with E-state index < -0.39 is 0 Å². The van der Waals surface area contributed by atoms with Crippen LogP contribution in [0.1, 0.15) is 27.7 Å². The number of carbonyl (C=O) groups is 1. The first-order chi connectivity index (χ1) is 8.41. The number of hydrogen-bond donors (Lipinski definition) is 1. The lowest BCUT2D eigenvalue weighted by Crippen LogP contribution is -2.43. The van der Waals surface area contributed by atoms with E-state index in [1.807, 2.05) is 56.9 Å². The second-order valence-electron chi connectivity index (χ2n) is 4.85. The number of rotatable bonds is 5. The van der Waals surface area contributed by atoms with Crippen LogP contribution in [0.2, 0.25) is 0 Å². The minimum absolute atomic E-state index is 0.174. The monoisotopic (exact) mass is 266 g/mol. The molecule has 4 heteroatoms. The van der Waals surface area contributed by atoms with E-state index in [4.69, 9.17) is 5.73 Å². The van der Waals surface area contributed by atoms with Gasteiger partial charge in [-0.1, -0.05) is 6.07 Å². The second kappa shape index (κ2) is 6.69. The molecule has 0 saturated heterocycles. The van der Waals surface area contributed by atoms with Crippen molar-refractivity contribution in [1.82, 2.24) is 4.90 Å². The van der Waals surface area contributed by atoms with Gasteiger partial charge in [0, 0.05) is 22.7 Å². The number of carbonyl (C=O) groups excluding carboxylic acids is 1. The molecule has 1 rings (SSSR count). The predicted molar refractivity (Wildman–Crippen MR) is 78.7 cm³/mol. The molecule has 0 spiro atoms. The average molecular weight is 266 g/mol. The van der Waals surface area contributed by atoms with E-state index in [0.29, 0.717) is 5.75 Å². The number of anilines is 1. The van der Waals surface area contributed by atoms with Crippen molar-refractivity contribution in [2.75, 3.05) is 11.5 Å². The van der Waals surface area contributed by atoms with Gasteiger partial charge in [-0.2, -0.15) is 0 Å². The highest BCUT2D eigenvalue weighted by Crippen LogP contribution is 2.21. The molecule has 0 unspecified atom stereocenters. The van der Waals surface area contributed by atoms with Gasteiger partial charge in [0.25, 0.3) is 0 Å². The summed E-state index contributed by atoms with van der Waals surface area (Å²) in [5.41, 5.74) is 6.45. The Morgan fingerprint density at radius 3 is 2.39 bits per heavy atom. The molecular formula is C14H22N2OS. The lowest BCUT2D eigenvalue weighted by atomic mass is 10.2. The largest absolute Gasteiger partial charge is 0.399 e. The smallest absolute Gasteiger partial charge is 0.233 e. The van der Waals surface area contributed by atoms with Crippen molar-refractivity contribution in [3.63, 3.8) is 0 Å². The van der Waals surface area contributed by atoms with Gasteiger partial charge in [0.05, 0.1) is 5.75 Å². The van der Waals surface area contributed by atoms with Crippen LogP contribution in [-0.4, -0.2) is 28.6 Å². The van der Waals surface area contributed by atoms with Crippen molar-refractivity contribution < 1.29 is 4.79 Å². The molecule has 0 atom stereocenters. The van der Waals surface area contributed by atoms with Crippen molar-refractivity contribution in [3.8, 4) is 0 Å². The van der Waals surface area contributed by atoms with Crippen LogP contribution in [0.3, 0.4) is 0 Å². The first-order valence-corrected chi connectivity index (χ1v) is 7.20. The number of amides is 1. The van der Waals surface area contributed by atoms with Crippen molar-refractivity contribution >= 4 is 23.4 Å². The molecule has 1 aromatic carbocycles. The molecule has 1 amide bonds. The topological polar surface area (TPSA) is 46.3 Å². The Hall–Kier alpha value is -1.16. The van der Waals surface area contributed by atoms with Crippen LogP contribution < -0.4 is 5.73 Å². The van der Waals surface area contributed by atoms with Gasteiger partial charge < -0.3 is 10.6 Å². The number of thioether (sulfide) groups is 1. The maximum Gasteiger partial charge on any atom is 0.233 e. The summed E-state index contributed by atoms with van der Waals surface area (Å²) in [7, 11) is 0. The Labute approximate surface area is 114 Å². The molecule has 0 aliphatic carbocycles. The molecule has 0 radical (unpaired) electrons. The van der Waals surface area contributed by atoms with Gasteiger partial charge in [-0.15, -0.1) is 11.8 Å². The van der Waals surface area contributed by atoms with Gasteiger partial charge in [0.15, 0.2) is 0 Å². The summed E-state index contributed by atoms with van der Waals surface area (Å²) in [6.07, 6.45) is 0. The summed E-state index contributed by atoms with van der Waals surface area (Å²) >= 11 is 1.53. The summed E-state index contributed by atoms with van der Waals surface area (Å²) in [4.78, 5) is 15.1. The zero-order valence-electron chi connectivity index (χ0n) is 11.5. The standard InChI is InChI=1S/C14H22N2OS/c1-10(2)16(11(3)4)14(17)9-18-13-7-5-6-12(15)8-13/h5-8,10-11H,9,15H2,1-4H3. The average Bonchev–Trinajstić information content (AvgIpc) is 2.25. The summed E-state index contributed by atoms with van der Waals surface area (Å²) < 4.78 is 0. The maximum absolute atomic E-state index is 12.2. The van der Waals surface area contributed by atoms with Gasteiger partial charge in [-0.25, -0.2) is 0 Å². The third kappa shape index (κ3) is 4.26. The number of nitrogen functional groups attached to an aromatic ring is 1. The van der Waals surface area contributed by atoms with E-state index in [0.717, 1.165) is 10.6 Å². The lowest BCUT2D eigenvalue weighted by Gasteiger charge is -2.30. The van der Waals surface area contributed by atoms with Crippen LogP contribution in [0, 0.1) is 0 Å². The molecular weight excluding hydrogens is 244 g/mol.